The standard InChI is InChI=1S/C51H63N3O16.C7H15NO2.C3H8.C2H6/c1-16-31(35(57)22-30(25-62-12)66-26-56)40-34(24-55)54-20-19-32-33(23-38(64-14)45(65-15)44(32)68-47(59)42(28(4)5)53-49(61)70-51(9,10)11)43(54)39(40)29-17-18-36(37(21-29)63-13)67-46(58)41(27(2)3)52-48(60)69-50(6,7)8;1-5-8-6(9)10-7(2,3)4;1-3-2;1-2/h16-24,26-28,41-42,57H,1,25H2,2-15H3,(H,52,60)(H,53,61);5H2,1-4H3,(H,8,9);3H2,1-2H3;1-2H3/b30-22+,35-31-;;;. The largest absolute Gasteiger partial charge is 0.507 e. The summed E-state index contributed by atoms with van der Waals surface area (Å²) >= 11 is 0. The van der Waals surface area contributed by atoms with E-state index in [2.05, 4.69) is 36.4 Å². The highest BCUT2D eigenvalue weighted by molar-refractivity contribution is 6.14. The summed E-state index contributed by atoms with van der Waals surface area (Å²) in [4.78, 5) is 89.2. The molecule has 22 heteroatoms. The first-order chi connectivity index (χ1) is 39.7. The third-order valence-electron chi connectivity index (χ3n) is 11.0. The maximum Gasteiger partial charge on any atom is 0.408 e. The molecule has 0 aliphatic rings. The van der Waals surface area contributed by atoms with Crippen molar-refractivity contribution in [2.24, 2.45) is 11.8 Å². The molecule has 4 rings (SSSR count). The molecule has 85 heavy (non-hydrogen) atoms. The van der Waals surface area contributed by atoms with Gasteiger partial charge in [0.25, 0.3) is 6.47 Å². The van der Waals surface area contributed by atoms with E-state index in [1.165, 1.54) is 63.7 Å². The summed E-state index contributed by atoms with van der Waals surface area (Å²) in [5.74, 6) is -3.19. The molecule has 0 bridgehead atoms. The first-order valence-electron chi connectivity index (χ1n) is 27.9. The number of carbonyl (C=O) groups is 7. The Bertz CT molecular complexity index is 2990. The van der Waals surface area contributed by atoms with Gasteiger partial charge in [0, 0.05) is 53.4 Å². The Morgan fingerprint density at radius 1 is 0.671 bits per heavy atom. The van der Waals surface area contributed by atoms with Crippen molar-refractivity contribution in [1.82, 2.24) is 20.4 Å². The van der Waals surface area contributed by atoms with Gasteiger partial charge in [-0.05, 0) is 111 Å². The van der Waals surface area contributed by atoms with Gasteiger partial charge in [0.05, 0.1) is 32.5 Å². The van der Waals surface area contributed by atoms with Crippen LogP contribution in [0.1, 0.15) is 147 Å². The third kappa shape index (κ3) is 22.3. The Morgan fingerprint density at radius 3 is 1.60 bits per heavy atom. The van der Waals surface area contributed by atoms with Crippen LogP contribution in [0.5, 0.6) is 28.7 Å². The van der Waals surface area contributed by atoms with E-state index in [9.17, 15) is 38.7 Å². The molecule has 0 fully saturated rings. The summed E-state index contributed by atoms with van der Waals surface area (Å²) in [7, 11) is 5.42. The molecule has 2 aromatic heterocycles. The fourth-order valence-electron chi connectivity index (χ4n) is 7.73. The Kier molecular flexibility index (Phi) is 30.3. The number of hydrogen-bond acceptors (Lipinski definition) is 18. The Hall–Kier alpha value is -8.27. The number of amides is 3. The maximum atomic E-state index is 14.2. The van der Waals surface area contributed by atoms with Crippen molar-refractivity contribution in [3.05, 3.63) is 78.0 Å². The number of aldehydes is 1. The number of pyridine rings is 1. The van der Waals surface area contributed by atoms with Gasteiger partial charge < -0.3 is 72.8 Å². The summed E-state index contributed by atoms with van der Waals surface area (Å²) in [6, 6.07) is 5.38. The lowest BCUT2D eigenvalue weighted by atomic mass is 9.93. The fraction of sp³-hybridized carbons (Fsp3) is 0.508. The molecule has 0 aliphatic heterocycles. The quantitative estimate of drug-likeness (QED) is 0.0151. The van der Waals surface area contributed by atoms with Gasteiger partial charge in [-0.3, -0.25) is 9.59 Å². The summed E-state index contributed by atoms with van der Waals surface area (Å²) < 4.78 is 56.8. The van der Waals surface area contributed by atoms with Gasteiger partial charge in [0.15, 0.2) is 29.3 Å². The molecule has 0 saturated heterocycles. The number of aliphatic hydroxyl groups is 1. The number of nitrogens with zero attached hydrogens (tertiary/aromatic N) is 1. The summed E-state index contributed by atoms with van der Waals surface area (Å²) in [5, 5.41) is 20.1. The molecule has 2 heterocycles. The highest BCUT2D eigenvalue weighted by Crippen LogP contribution is 2.49. The number of benzene rings is 2. The van der Waals surface area contributed by atoms with Crippen LogP contribution in [-0.4, -0.2) is 123 Å². The van der Waals surface area contributed by atoms with E-state index >= 15 is 0 Å². The van der Waals surface area contributed by atoms with Gasteiger partial charge in [-0.2, -0.15) is 0 Å². The van der Waals surface area contributed by atoms with E-state index < -0.39 is 65.0 Å². The van der Waals surface area contributed by atoms with E-state index in [1.54, 1.807) is 87.4 Å². The lowest BCUT2D eigenvalue weighted by molar-refractivity contribution is -0.138. The molecule has 22 nitrogen and oxygen atoms in total. The number of methoxy groups -OCH3 is 4. The highest BCUT2D eigenvalue weighted by Gasteiger charge is 2.34. The smallest absolute Gasteiger partial charge is 0.408 e. The number of rotatable bonds is 21. The topological polar surface area (TPSA) is 273 Å². The van der Waals surface area contributed by atoms with Crippen LogP contribution in [0, 0.1) is 11.8 Å². The van der Waals surface area contributed by atoms with Crippen LogP contribution in [0.15, 0.2) is 66.8 Å². The number of allylic oxidation sites excluding steroid dienone is 3. The number of carbonyl (C=O) groups excluding carboxylic acids is 7. The van der Waals surface area contributed by atoms with E-state index in [-0.39, 0.29) is 92.6 Å². The van der Waals surface area contributed by atoms with Crippen molar-refractivity contribution in [2.75, 3.05) is 41.6 Å². The molecular weight excluding hydrogens is 1100 g/mol. The lowest BCUT2D eigenvalue weighted by Gasteiger charge is -2.25. The molecule has 4 aromatic rings. The third-order valence-corrected chi connectivity index (χ3v) is 11.0. The zero-order valence-corrected chi connectivity index (χ0v) is 53.7. The minimum absolute atomic E-state index is 0.0106. The number of aliphatic hydroxyl groups excluding tert-OH is 1. The first-order valence-corrected chi connectivity index (χ1v) is 27.9. The number of hydrogen-bond donors (Lipinski definition) is 4. The number of fused-ring (bicyclic) bond motifs is 3. The first kappa shape index (κ1) is 74.7. The van der Waals surface area contributed by atoms with Crippen LogP contribution in [0.3, 0.4) is 0 Å². The monoisotopic (exact) mass is 1190 g/mol. The van der Waals surface area contributed by atoms with Crippen molar-refractivity contribution in [1.29, 1.82) is 0 Å². The SMILES string of the molecule is C=C/C(=C(O)\C=C(/COC)OC=O)c1c(-c2ccc(OC(=O)C(NC(=O)OC(C)(C)C)C(C)C)c(OC)c2)c2c3cc(OC)c(OC)c(OC(=O)C(NC(=O)OC(C)(C)C)C(C)C)c3ccn2c1C=O.CC.CCC.CCNC(=O)OC(C)(C)C. The molecule has 2 aromatic carbocycles. The zero-order chi connectivity index (χ0) is 65.3. The fourth-order valence-corrected chi connectivity index (χ4v) is 7.73. The second-order valence-electron chi connectivity index (χ2n) is 22.1. The number of nitrogens with one attached hydrogen (secondary N) is 3. The normalized spacial score (nSPS) is 12.4. The van der Waals surface area contributed by atoms with Crippen LogP contribution in [0.25, 0.3) is 33.0 Å². The van der Waals surface area contributed by atoms with Crippen LogP contribution in [0.4, 0.5) is 14.4 Å². The van der Waals surface area contributed by atoms with Crippen LogP contribution < -0.4 is 39.6 Å². The second-order valence-corrected chi connectivity index (χ2v) is 22.1. The van der Waals surface area contributed by atoms with E-state index in [0.29, 0.717) is 23.8 Å². The molecule has 3 amide bonds. The summed E-state index contributed by atoms with van der Waals surface area (Å²) in [6.45, 7) is 37.1. The van der Waals surface area contributed by atoms with E-state index in [4.69, 9.17) is 47.4 Å². The van der Waals surface area contributed by atoms with E-state index in [0.717, 1.165) is 6.08 Å². The highest BCUT2D eigenvalue weighted by atomic mass is 16.6. The minimum Gasteiger partial charge on any atom is -0.507 e. The van der Waals surface area contributed by atoms with Crippen molar-refractivity contribution in [3.63, 3.8) is 0 Å². The van der Waals surface area contributed by atoms with Gasteiger partial charge in [-0.1, -0.05) is 80.5 Å². The van der Waals surface area contributed by atoms with Gasteiger partial charge in [-0.25, -0.2) is 24.0 Å². The molecule has 0 radical (unpaired) electrons. The molecule has 0 aliphatic carbocycles. The predicted octanol–water partition coefficient (Wildman–Crippen LogP) is 12.6. The number of esters is 2. The van der Waals surface area contributed by atoms with Crippen LogP contribution >= 0.6 is 0 Å². The molecule has 0 spiro atoms. The molecule has 2 atom stereocenters. The average molecular weight is 1190 g/mol. The Labute approximate surface area is 500 Å². The molecule has 2 unspecified atom stereocenters. The number of alkyl carbamates (subject to hydrolysis) is 3. The van der Waals surface area contributed by atoms with Crippen molar-refractivity contribution in [3.8, 4) is 39.9 Å². The van der Waals surface area contributed by atoms with Gasteiger partial charge in [0.2, 0.25) is 5.75 Å². The Balaban J connectivity index is 0.00000213. The summed E-state index contributed by atoms with van der Waals surface area (Å²) in [6.07, 6.45) is 3.76. The average Bonchev–Trinajstić information content (AvgIpc) is 1.66. The van der Waals surface area contributed by atoms with Gasteiger partial charge >= 0.3 is 30.2 Å². The van der Waals surface area contributed by atoms with Crippen molar-refractivity contribution < 1.29 is 86.0 Å². The summed E-state index contributed by atoms with van der Waals surface area (Å²) in [5.41, 5.74) is -1.15. The lowest BCUT2D eigenvalue weighted by Crippen LogP contribution is -2.48. The molecule has 0 saturated carbocycles. The van der Waals surface area contributed by atoms with Crippen LogP contribution in [0.2, 0.25) is 0 Å². The van der Waals surface area contributed by atoms with Gasteiger partial charge in [-0.15, -0.1) is 0 Å². The van der Waals surface area contributed by atoms with Crippen molar-refractivity contribution in [2.45, 2.75) is 160 Å². The predicted molar refractivity (Wildman–Crippen MR) is 327 cm³/mol. The molecule has 472 valence electrons. The van der Waals surface area contributed by atoms with E-state index in [1.807, 2.05) is 41.5 Å². The number of ether oxygens (including phenoxy) is 10. The number of aromatic nitrogens is 1. The zero-order valence-electron chi connectivity index (χ0n) is 53.7. The molecule has 4 N–H and O–H groups in total. The second kappa shape index (κ2) is 34.5. The van der Waals surface area contributed by atoms with Gasteiger partial charge in [0.1, 0.15) is 47.0 Å². The molecular formula is C63H92N4O18. The Morgan fingerprint density at radius 2 is 1.18 bits per heavy atom. The minimum atomic E-state index is -1.20. The maximum absolute atomic E-state index is 14.2. The van der Waals surface area contributed by atoms with Crippen molar-refractivity contribution >= 4 is 64.8 Å². The van der Waals surface area contributed by atoms with Crippen LogP contribution in [-0.2, 0) is 38.1 Å².